The van der Waals surface area contributed by atoms with Crippen LogP contribution in [0.15, 0.2) is 30.5 Å². The number of β-amino-alcohol motifs (C(OH)–C–C–N with tert-alkyl or cyclic N) is 1. The SMILES string of the molecule is CC1CCN(CC(O)Cn2cc(C=O)c3ccccc32)CC1. The van der Waals surface area contributed by atoms with Gasteiger partial charge in [0.05, 0.1) is 6.10 Å². The van der Waals surface area contributed by atoms with Crippen LogP contribution < -0.4 is 0 Å². The highest BCUT2D eigenvalue weighted by Crippen LogP contribution is 2.21. The number of carbonyl (C=O) groups excluding carboxylic acids is 1. The second kappa shape index (κ2) is 6.63. The van der Waals surface area contributed by atoms with Crippen molar-refractivity contribution in [3.05, 3.63) is 36.0 Å². The van der Waals surface area contributed by atoms with Crippen molar-refractivity contribution in [2.75, 3.05) is 19.6 Å². The summed E-state index contributed by atoms with van der Waals surface area (Å²) in [6.45, 7) is 5.67. The molecule has 0 radical (unpaired) electrons. The number of hydrogen-bond donors (Lipinski definition) is 1. The van der Waals surface area contributed by atoms with Gasteiger partial charge in [0, 0.05) is 35.8 Å². The molecule has 2 heterocycles. The van der Waals surface area contributed by atoms with E-state index in [1.165, 1.54) is 12.8 Å². The summed E-state index contributed by atoms with van der Waals surface area (Å²) in [5.41, 5.74) is 1.70. The Bertz CT molecular complexity index is 642. The first-order valence-electron chi connectivity index (χ1n) is 8.11. The van der Waals surface area contributed by atoms with E-state index in [9.17, 15) is 9.90 Å². The number of aldehydes is 1. The number of fused-ring (bicyclic) bond motifs is 1. The molecule has 1 aliphatic heterocycles. The minimum Gasteiger partial charge on any atom is -0.390 e. The van der Waals surface area contributed by atoms with E-state index in [4.69, 9.17) is 0 Å². The molecule has 4 nitrogen and oxygen atoms in total. The summed E-state index contributed by atoms with van der Waals surface area (Å²) in [6.07, 6.45) is 4.75. The second-order valence-electron chi connectivity index (χ2n) is 6.51. The van der Waals surface area contributed by atoms with Crippen LogP contribution in [0.25, 0.3) is 10.9 Å². The van der Waals surface area contributed by atoms with E-state index in [0.717, 1.165) is 36.2 Å². The molecule has 4 heteroatoms. The molecule has 1 aromatic heterocycles. The van der Waals surface area contributed by atoms with Crippen molar-refractivity contribution in [3.63, 3.8) is 0 Å². The highest BCUT2D eigenvalue weighted by atomic mass is 16.3. The Hall–Kier alpha value is -1.65. The number of aromatic nitrogens is 1. The van der Waals surface area contributed by atoms with Crippen LogP contribution in [0.4, 0.5) is 0 Å². The third-order valence-electron chi connectivity index (χ3n) is 4.70. The topological polar surface area (TPSA) is 45.5 Å². The fourth-order valence-corrected chi connectivity index (χ4v) is 3.35. The molecule has 3 rings (SSSR count). The Morgan fingerprint density at radius 2 is 2.00 bits per heavy atom. The molecule has 0 aliphatic carbocycles. The molecule has 1 atom stereocenters. The number of para-hydroxylation sites is 1. The second-order valence-corrected chi connectivity index (χ2v) is 6.51. The van der Waals surface area contributed by atoms with E-state index >= 15 is 0 Å². The molecular formula is C18H24N2O2. The molecule has 1 saturated heterocycles. The summed E-state index contributed by atoms with van der Waals surface area (Å²) in [7, 11) is 0. The predicted octanol–water partition coefficient (Wildman–Crippen LogP) is 2.55. The van der Waals surface area contributed by atoms with E-state index < -0.39 is 6.10 Å². The summed E-state index contributed by atoms with van der Waals surface area (Å²) in [4.78, 5) is 13.5. The van der Waals surface area contributed by atoms with Crippen molar-refractivity contribution >= 4 is 17.2 Å². The van der Waals surface area contributed by atoms with Gasteiger partial charge in [-0.05, 0) is 37.9 Å². The van der Waals surface area contributed by atoms with Crippen LogP contribution in [-0.4, -0.2) is 46.6 Å². The lowest BCUT2D eigenvalue weighted by atomic mass is 9.99. The maximum Gasteiger partial charge on any atom is 0.152 e. The van der Waals surface area contributed by atoms with Crippen LogP contribution in [-0.2, 0) is 6.54 Å². The summed E-state index contributed by atoms with van der Waals surface area (Å²) in [5, 5.41) is 11.4. The van der Waals surface area contributed by atoms with Gasteiger partial charge in [-0.15, -0.1) is 0 Å². The molecule has 0 saturated carbocycles. The largest absolute Gasteiger partial charge is 0.390 e. The number of aliphatic hydroxyl groups is 1. The zero-order valence-corrected chi connectivity index (χ0v) is 13.1. The predicted molar refractivity (Wildman–Crippen MR) is 88.2 cm³/mol. The van der Waals surface area contributed by atoms with Gasteiger partial charge in [0.25, 0.3) is 0 Å². The van der Waals surface area contributed by atoms with E-state index in [1.54, 1.807) is 0 Å². The van der Waals surface area contributed by atoms with Crippen molar-refractivity contribution < 1.29 is 9.90 Å². The first kappa shape index (κ1) is 15.3. The van der Waals surface area contributed by atoms with Crippen molar-refractivity contribution in [1.82, 2.24) is 9.47 Å². The highest BCUT2D eigenvalue weighted by molar-refractivity contribution is 5.97. The van der Waals surface area contributed by atoms with Gasteiger partial charge in [0.1, 0.15) is 0 Å². The summed E-state index contributed by atoms with van der Waals surface area (Å²) in [5.74, 6) is 0.803. The van der Waals surface area contributed by atoms with Crippen LogP contribution in [0.3, 0.4) is 0 Å². The molecule has 2 aromatic rings. The zero-order valence-electron chi connectivity index (χ0n) is 13.1. The Balaban J connectivity index is 1.69. The summed E-state index contributed by atoms with van der Waals surface area (Å²) >= 11 is 0. The molecule has 0 bridgehead atoms. The third kappa shape index (κ3) is 3.23. The van der Waals surface area contributed by atoms with Gasteiger partial charge in [-0.1, -0.05) is 25.1 Å². The molecule has 0 spiro atoms. The van der Waals surface area contributed by atoms with Gasteiger partial charge < -0.3 is 14.6 Å². The fourth-order valence-electron chi connectivity index (χ4n) is 3.35. The Labute approximate surface area is 131 Å². The van der Waals surface area contributed by atoms with Crippen LogP contribution >= 0.6 is 0 Å². The molecule has 1 aliphatic rings. The normalized spacial score (nSPS) is 18.6. The molecule has 1 aromatic carbocycles. The molecule has 118 valence electrons. The van der Waals surface area contributed by atoms with Gasteiger partial charge in [-0.25, -0.2) is 0 Å². The summed E-state index contributed by atoms with van der Waals surface area (Å²) in [6, 6.07) is 7.85. The Kier molecular flexibility index (Phi) is 4.60. The zero-order chi connectivity index (χ0) is 15.5. The Morgan fingerprint density at radius 1 is 1.27 bits per heavy atom. The van der Waals surface area contributed by atoms with Crippen molar-refractivity contribution in [2.24, 2.45) is 5.92 Å². The van der Waals surface area contributed by atoms with E-state index in [1.807, 2.05) is 35.0 Å². The standard InChI is InChI=1S/C18H24N2O2/c1-14-6-8-19(9-7-14)11-16(22)12-20-10-15(13-21)17-4-2-3-5-18(17)20/h2-5,10,13-14,16,22H,6-9,11-12H2,1H3. The smallest absolute Gasteiger partial charge is 0.152 e. The van der Waals surface area contributed by atoms with Gasteiger partial charge in [0.2, 0.25) is 0 Å². The first-order valence-corrected chi connectivity index (χ1v) is 8.11. The number of nitrogens with zero attached hydrogens (tertiary/aromatic N) is 2. The monoisotopic (exact) mass is 300 g/mol. The summed E-state index contributed by atoms with van der Waals surface area (Å²) < 4.78 is 2.00. The average molecular weight is 300 g/mol. The average Bonchev–Trinajstić information content (AvgIpc) is 2.88. The minimum absolute atomic E-state index is 0.413. The number of benzene rings is 1. The van der Waals surface area contributed by atoms with Crippen LogP contribution in [0, 0.1) is 5.92 Å². The van der Waals surface area contributed by atoms with Crippen molar-refractivity contribution in [3.8, 4) is 0 Å². The fraction of sp³-hybridized carbons (Fsp3) is 0.500. The lowest BCUT2D eigenvalue weighted by Gasteiger charge is -2.31. The minimum atomic E-state index is -0.413. The molecule has 1 unspecified atom stereocenters. The number of likely N-dealkylation sites (tertiary alicyclic amines) is 1. The van der Waals surface area contributed by atoms with Crippen molar-refractivity contribution in [2.45, 2.75) is 32.4 Å². The van der Waals surface area contributed by atoms with Crippen molar-refractivity contribution in [1.29, 1.82) is 0 Å². The third-order valence-corrected chi connectivity index (χ3v) is 4.70. The van der Waals surface area contributed by atoms with E-state index in [2.05, 4.69) is 11.8 Å². The quantitative estimate of drug-likeness (QED) is 0.863. The lowest BCUT2D eigenvalue weighted by molar-refractivity contribution is 0.0809. The maximum atomic E-state index is 11.2. The van der Waals surface area contributed by atoms with Crippen LogP contribution in [0.5, 0.6) is 0 Å². The number of carbonyl (C=O) groups is 1. The number of aliphatic hydroxyl groups excluding tert-OH is 1. The van der Waals surface area contributed by atoms with Crippen LogP contribution in [0.1, 0.15) is 30.1 Å². The molecule has 1 N–H and O–H groups in total. The number of hydrogen-bond acceptors (Lipinski definition) is 3. The molecule has 22 heavy (non-hydrogen) atoms. The van der Waals surface area contributed by atoms with Gasteiger partial charge >= 0.3 is 0 Å². The molecule has 1 fully saturated rings. The Morgan fingerprint density at radius 3 is 2.73 bits per heavy atom. The number of rotatable bonds is 5. The lowest BCUT2D eigenvalue weighted by Crippen LogP contribution is -2.39. The number of piperidine rings is 1. The van der Waals surface area contributed by atoms with Gasteiger partial charge in [-0.3, -0.25) is 4.79 Å². The molecule has 0 amide bonds. The van der Waals surface area contributed by atoms with Crippen LogP contribution in [0.2, 0.25) is 0 Å². The van der Waals surface area contributed by atoms with Gasteiger partial charge in [0.15, 0.2) is 6.29 Å². The maximum absolute atomic E-state index is 11.2. The first-order chi connectivity index (χ1) is 10.7. The molecular weight excluding hydrogens is 276 g/mol. The van der Waals surface area contributed by atoms with Gasteiger partial charge in [-0.2, -0.15) is 0 Å². The van der Waals surface area contributed by atoms with E-state index in [-0.39, 0.29) is 0 Å². The van der Waals surface area contributed by atoms with E-state index in [0.29, 0.717) is 18.7 Å². The highest BCUT2D eigenvalue weighted by Gasteiger charge is 2.19.